The van der Waals surface area contributed by atoms with E-state index in [9.17, 15) is 0 Å². The first-order chi connectivity index (χ1) is 6.06. The van der Waals surface area contributed by atoms with E-state index in [4.69, 9.17) is 10.5 Å². The van der Waals surface area contributed by atoms with Gasteiger partial charge in [0, 0.05) is 0 Å². The molecule has 0 aliphatic carbocycles. The van der Waals surface area contributed by atoms with Crippen LogP contribution in [0.3, 0.4) is 0 Å². The normalized spacial score (nSPS) is 10.5. The Hall–Kier alpha value is -1.32. The van der Waals surface area contributed by atoms with Crippen molar-refractivity contribution in [1.82, 2.24) is 9.97 Å². The molecule has 1 heterocycles. The van der Waals surface area contributed by atoms with Crippen LogP contribution in [-0.4, -0.2) is 17.1 Å². The number of nitrogens with two attached hydrogens (primary N) is 1. The fourth-order valence-corrected chi connectivity index (χ4v) is 1.11. The van der Waals surface area contributed by atoms with E-state index in [1.54, 1.807) is 7.11 Å². The summed E-state index contributed by atoms with van der Waals surface area (Å²) in [5, 5.41) is 0. The SMILES string of the molecule is COc1nc(C)c(N)c(C(C)C)n1. The minimum atomic E-state index is 0.288. The molecule has 0 unspecified atom stereocenters. The predicted molar refractivity (Wildman–Crippen MR) is 51.8 cm³/mol. The van der Waals surface area contributed by atoms with Crippen molar-refractivity contribution in [1.29, 1.82) is 0 Å². The third-order valence-corrected chi connectivity index (χ3v) is 1.87. The molecule has 0 fully saturated rings. The van der Waals surface area contributed by atoms with Gasteiger partial charge in [-0.15, -0.1) is 0 Å². The van der Waals surface area contributed by atoms with Crippen LogP contribution >= 0.6 is 0 Å². The van der Waals surface area contributed by atoms with Crippen LogP contribution < -0.4 is 10.5 Å². The van der Waals surface area contributed by atoms with Gasteiger partial charge in [-0.1, -0.05) is 13.8 Å². The molecule has 0 atom stereocenters. The minimum Gasteiger partial charge on any atom is -0.467 e. The zero-order valence-corrected chi connectivity index (χ0v) is 8.46. The van der Waals surface area contributed by atoms with Gasteiger partial charge in [-0.05, 0) is 12.8 Å². The standard InChI is InChI=1S/C9H15N3O/c1-5(2)8-7(10)6(3)11-9(12-8)13-4/h5H,10H2,1-4H3. The van der Waals surface area contributed by atoms with Crippen LogP contribution in [0.15, 0.2) is 0 Å². The Morgan fingerprint density at radius 3 is 2.38 bits per heavy atom. The summed E-state index contributed by atoms with van der Waals surface area (Å²) < 4.78 is 4.96. The number of hydrogen-bond acceptors (Lipinski definition) is 4. The van der Waals surface area contributed by atoms with E-state index in [0.29, 0.717) is 11.7 Å². The molecule has 72 valence electrons. The molecule has 4 heteroatoms. The van der Waals surface area contributed by atoms with Gasteiger partial charge in [0.2, 0.25) is 0 Å². The highest BCUT2D eigenvalue weighted by molar-refractivity contribution is 5.48. The predicted octanol–water partition coefficient (Wildman–Crippen LogP) is 1.50. The van der Waals surface area contributed by atoms with E-state index < -0.39 is 0 Å². The quantitative estimate of drug-likeness (QED) is 0.751. The zero-order valence-electron chi connectivity index (χ0n) is 8.46. The van der Waals surface area contributed by atoms with Crippen molar-refractivity contribution in [3.05, 3.63) is 11.4 Å². The van der Waals surface area contributed by atoms with Crippen molar-refractivity contribution in [2.24, 2.45) is 0 Å². The van der Waals surface area contributed by atoms with Crippen LogP contribution in [-0.2, 0) is 0 Å². The maximum Gasteiger partial charge on any atom is 0.316 e. The first-order valence-electron chi connectivity index (χ1n) is 4.24. The lowest BCUT2D eigenvalue weighted by atomic mass is 10.1. The second kappa shape index (κ2) is 3.60. The number of aromatic nitrogens is 2. The smallest absolute Gasteiger partial charge is 0.316 e. The maximum absolute atomic E-state index is 5.83. The topological polar surface area (TPSA) is 61.0 Å². The van der Waals surface area contributed by atoms with E-state index in [0.717, 1.165) is 11.4 Å². The van der Waals surface area contributed by atoms with Gasteiger partial charge in [-0.2, -0.15) is 9.97 Å². The molecule has 4 nitrogen and oxygen atoms in total. The molecule has 0 aromatic carbocycles. The summed E-state index contributed by atoms with van der Waals surface area (Å²) in [6.07, 6.45) is 0. The van der Waals surface area contributed by atoms with Crippen LogP contribution in [0.25, 0.3) is 0 Å². The molecule has 0 spiro atoms. The van der Waals surface area contributed by atoms with Gasteiger partial charge in [0.1, 0.15) is 0 Å². The van der Waals surface area contributed by atoms with Crippen molar-refractivity contribution in [2.75, 3.05) is 12.8 Å². The van der Waals surface area contributed by atoms with Crippen LogP contribution in [0, 0.1) is 6.92 Å². The maximum atomic E-state index is 5.83. The summed E-state index contributed by atoms with van der Waals surface area (Å²) in [6.45, 7) is 5.93. The van der Waals surface area contributed by atoms with Crippen molar-refractivity contribution < 1.29 is 4.74 Å². The third-order valence-electron chi connectivity index (χ3n) is 1.87. The van der Waals surface area contributed by atoms with E-state index in [2.05, 4.69) is 9.97 Å². The molecule has 0 amide bonds. The first-order valence-corrected chi connectivity index (χ1v) is 4.24. The molecule has 1 rings (SSSR count). The van der Waals surface area contributed by atoms with Gasteiger partial charge >= 0.3 is 6.01 Å². The summed E-state index contributed by atoms with van der Waals surface area (Å²) in [5.41, 5.74) is 8.11. The van der Waals surface area contributed by atoms with E-state index in [-0.39, 0.29) is 5.92 Å². The Bertz CT molecular complexity index is 310. The van der Waals surface area contributed by atoms with Crippen LogP contribution in [0.2, 0.25) is 0 Å². The number of methoxy groups -OCH3 is 1. The molecule has 0 saturated carbocycles. The van der Waals surface area contributed by atoms with Crippen LogP contribution in [0.4, 0.5) is 5.69 Å². The molecule has 2 N–H and O–H groups in total. The fraction of sp³-hybridized carbons (Fsp3) is 0.556. The average Bonchev–Trinajstić information content (AvgIpc) is 2.09. The zero-order chi connectivity index (χ0) is 10.0. The second-order valence-electron chi connectivity index (χ2n) is 3.25. The van der Waals surface area contributed by atoms with E-state index >= 15 is 0 Å². The highest BCUT2D eigenvalue weighted by atomic mass is 16.5. The molecular weight excluding hydrogens is 166 g/mol. The van der Waals surface area contributed by atoms with Crippen molar-refractivity contribution in [3.8, 4) is 6.01 Å². The van der Waals surface area contributed by atoms with Crippen molar-refractivity contribution in [3.63, 3.8) is 0 Å². The van der Waals surface area contributed by atoms with Gasteiger partial charge in [-0.3, -0.25) is 0 Å². The van der Waals surface area contributed by atoms with Crippen LogP contribution in [0.1, 0.15) is 31.2 Å². The van der Waals surface area contributed by atoms with Gasteiger partial charge in [-0.25, -0.2) is 0 Å². The number of anilines is 1. The third kappa shape index (κ3) is 1.88. The lowest BCUT2D eigenvalue weighted by Crippen LogP contribution is -2.06. The Morgan fingerprint density at radius 2 is 1.92 bits per heavy atom. The van der Waals surface area contributed by atoms with Gasteiger partial charge in [0.15, 0.2) is 0 Å². The Kier molecular flexibility index (Phi) is 2.70. The molecule has 1 aromatic heterocycles. The highest BCUT2D eigenvalue weighted by Gasteiger charge is 2.11. The molecule has 13 heavy (non-hydrogen) atoms. The highest BCUT2D eigenvalue weighted by Crippen LogP contribution is 2.23. The van der Waals surface area contributed by atoms with Gasteiger partial charge < -0.3 is 10.5 Å². The summed E-state index contributed by atoms with van der Waals surface area (Å²) in [6, 6.07) is 0.385. The average molecular weight is 181 g/mol. The van der Waals surface area contributed by atoms with E-state index in [1.807, 2.05) is 20.8 Å². The summed E-state index contributed by atoms with van der Waals surface area (Å²) in [5.74, 6) is 0.288. The Balaban J connectivity index is 3.25. The number of nitrogens with zero attached hydrogens (tertiary/aromatic N) is 2. The van der Waals surface area contributed by atoms with E-state index in [1.165, 1.54) is 0 Å². The van der Waals surface area contributed by atoms with Crippen LogP contribution in [0.5, 0.6) is 6.01 Å². The molecule has 1 aromatic rings. The van der Waals surface area contributed by atoms with Crippen molar-refractivity contribution in [2.45, 2.75) is 26.7 Å². The monoisotopic (exact) mass is 181 g/mol. The summed E-state index contributed by atoms with van der Waals surface area (Å²) in [7, 11) is 1.55. The summed E-state index contributed by atoms with van der Waals surface area (Å²) >= 11 is 0. The molecule has 0 aliphatic rings. The fourth-order valence-electron chi connectivity index (χ4n) is 1.11. The minimum absolute atomic E-state index is 0.288. The molecule has 0 radical (unpaired) electrons. The Labute approximate surface area is 78.1 Å². The number of hydrogen-bond donors (Lipinski definition) is 1. The molecule has 0 bridgehead atoms. The lowest BCUT2D eigenvalue weighted by Gasteiger charge is -2.11. The van der Waals surface area contributed by atoms with Crippen molar-refractivity contribution >= 4 is 5.69 Å². The largest absolute Gasteiger partial charge is 0.467 e. The Morgan fingerprint density at radius 1 is 1.31 bits per heavy atom. The van der Waals surface area contributed by atoms with Gasteiger partial charge in [0.05, 0.1) is 24.2 Å². The second-order valence-corrected chi connectivity index (χ2v) is 3.25. The molecule has 0 aliphatic heterocycles. The first kappa shape index (κ1) is 9.77. The number of rotatable bonds is 2. The number of ether oxygens (including phenoxy) is 1. The lowest BCUT2D eigenvalue weighted by molar-refractivity contribution is 0.376. The number of aryl methyl sites for hydroxylation is 1. The summed E-state index contributed by atoms with van der Waals surface area (Å²) in [4.78, 5) is 8.27. The molecular formula is C9H15N3O. The molecule has 0 saturated heterocycles. The number of nitrogen functional groups attached to an aromatic ring is 1. The van der Waals surface area contributed by atoms with Gasteiger partial charge in [0.25, 0.3) is 0 Å².